The van der Waals surface area contributed by atoms with Gasteiger partial charge in [-0.2, -0.15) is 0 Å². The normalized spacial score (nSPS) is 16.6. The van der Waals surface area contributed by atoms with Crippen LogP contribution in [0.15, 0.2) is 35.3 Å². The Morgan fingerprint density at radius 1 is 0.729 bits per heavy atom. The molecule has 21 nitrogen and oxygen atoms in total. The maximum atomic E-state index is 13.8. The van der Waals surface area contributed by atoms with E-state index in [9.17, 15) is 48.6 Å². The van der Waals surface area contributed by atoms with E-state index in [1.807, 2.05) is 0 Å². The zero-order valence-corrected chi connectivity index (χ0v) is 34.0. The Morgan fingerprint density at radius 2 is 1.27 bits per heavy atom. The summed E-state index contributed by atoms with van der Waals surface area (Å²) in [7, 11) is 0. The van der Waals surface area contributed by atoms with E-state index in [4.69, 9.17) is 17.2 Å². The van der Waals surface area contributed by atoms with Gasteiger partial charge in [-0.3, -0.25) is 38.6 Å². The molecule has 0 saturated carbocycles. The van der Waals surface area contributed by atoms with Crippen molar-refractivity contribution in [2.45, 2.75) is 115 Å². The lowest BCUT2D eigenvalue weighted by atomic mass is 10.0. The van der Waals surface area contributed by atoms with Gasteiger partial charge in [0.25, 0.3) is 0 Å². The number of aliphatic carboxylic acids is 1. The van der Waals surface area contributed by atoms with Crippen LogP contribution in [-0.2, 0) is 44.8 Å². The van der Waals surface area contributed by atoms with Gasteiger partial charge in [0, 0.05) is 19.4 Å². The molecule has 0 bridgehead atoms. The number of aliphatic imine (C=N–C) groups is 1. The maximum Gasteiger partial charge on any atom is 0.326 e. The fraction of sp³-hybridized carbons (Fsp3) is 0.605. The third-order valence-electron chi connectivity index (χ3n) is 9.48. The quantitative estimate of drug-likeness (QED) is 0.0260. The summed E-state index contributed by atoms with van der Waals surface area (Å²) in [6.45, 7) is 6.08. The Kier molecular flexibility index (Phi) is 20.8. The fourth-order valence-corrected chi connectivity index (χ4v) is 6.12. The van der Waals surface area contributed by atoms with Crippen LogP contribution < -0.4 is 54.4 Å². The van der Waals surface area contributed by atoms with E-state index in [1.165, 1.54) is 0 Å². The average molecular weight is 832 g/mol. The summed E-state index contributed by atoms with van der Waals surface area (Å²) in [6, 6.07) is 0.291. The maximum absolute atomic E-state index is 13.8. The van der Waals surface area contributed by atoms with E-state index >= 15 is 0 Å². The molecular formula is C38H61N11O10. The highest BCUT2D eigenvalue weighted by molar-refractivity contribution is 5.97. The first kappa shape index (κ1) is 49.3. The number of primary amides is 1. The molecular weight excluding hydrogens is 770 g/mol. The van der Waals surface area contributed by atoms with Crippen molar-refractivity contribution < 1.29 is 48.6 Å². The number of nitrogens with zero attached hydrogens (tertiary/aromatic N) is 1. The summed E-state index contributed by atoms with van der Waals surface area (Å²) in [5.74, 6) is -8.19. The molecule has 1 aromatic rings. The van der Waals surface area contributed by atoms with Crippen molar-refractivity contribution in [1.29, 1.82) is 0 Å². The lowest BCUT2D eigenvalue weighted by molar-refractivity contribution is -0.143. The molecule has 7 unspecified atom stereocenters. The third kappa shape index (κ3) is 17.3. The van der Waals surface area contributed by atoms with Crippen LogP contribution in [0.4, 0.5) is 0 Å². The largest absolute Gasteiger partial charge is 0.480 e. The average Bonchev–Trinajstić information content (AvgIpc) is 3.72. The van der Waals surface area contributed by atoms with Gasteiger partial charge in [-0.15, -0.1) is 0 Å². The minimum Gasteiger partial charge on any atom is -0.480 e. The SMILES string of the molecule is CC(C)C(NC(=O)C(CCC(N)=O)NC(=O)C(NC(=O)C(CO)NC(=O)C(CCCN=C(N)N)NC(=O)C(Cc1ccccc1)NC(=O)C1CCCN1)C(C)C)C(=O)O. The van der Waals surface area contributed by atoms with Crippen LogP contribution in [0, 0.1) is 11.8 Å². The van der Waals surface area contributed by atoms with Gasteiger partial charge >= 0.3 is 5.97 Å². The lowest BCUT2D eigenvalue weighted by Crippen LogP contribution is -2.61. The zero-order chi connectivity index (χ0) is 44.2. The predicted octanol–water partition coefficient (Wildman–Crippen LogP) is -3.40. The number of rotatable bonds is 25. The summed E-state index contributed by atoms with van der Waals surface area (Å²) in [5.41, 5.74) is 16.9. The van der Waals surface area contributed by atoms with Gasteiger partial charge in [-0.1, -0.05) is 58.0 Å². The Hall–Kier alpha value is -5.83. The van der Waals surface area contributed by atoms with E-state index in [2.05, 4.69) is 42.2 Å². The monoisotopic (exact) mass is 831 g/mol. The van der Waals surface area contributed by atoms with Gasteiger partial charge in [-0.25, -0.2) is 4.79 Å². The van der Waals surface area contributed by atoms with Gasteiger partial charge < -0.3 is 64.6 Å². The van der Waals surface area contributed by atoms with E-state index < -0.39 is 102 Å². The number of hydrogen-bond acceptors (Lipinski definition) is 11. The molecule has 59 heavy (non-hydrogen) atoms. The molecule has 0 spiro atoms. The molecule has 7 atom stereocenters. The van der Waals surface area contributed by atoms with Gasteiger partial charge in [-0.05, 0) is 56.0 Å². The Labute approximate surface area is 343 Å². The second kappa shape index (κ2) is 24.8. The molecule has 328 valence electrons. The lowest BCUT2D eigenvalue weighted by Gasteiger charge is -2.28. The minimum absolute atomic E-state index is 0.0321. The molecule has 1 heterocycles. The summed E-state index contributed by atoms with van der Waals surface area (Å²) >= 11 is 0. The second-order valence-electron chi connectivity index (χ2n) is 15.0. The number of aliphatic hydroxyl groups excluding tert-OH is 1. The number of aliphatic hydroxyl groups is 1. The van der Waals surface area contributed by atoms with Crippen molar-refractivity contribution in [2.24, 2.45) is 34.0 Å². The first-order valence-corrected chi connectivity index (χ1v) is 19.6. The summed E-state index contributed by atoms with van der Waals surface area (Å²) in [6.07, 6.45) is 1.01. The van der Waals surface area contributed by atoms with Crippen molar-refractivity contribution in [3.05, 3.63) is 35.9 Å². The number of nitrogens with one attached hydrogen (secondary N) is 7. The van der Waals surface area contributed by atoms with E-state index in [-0.39, 0.29) is 50.5 Å². The van der Waals surface area contributed by atoms with Crippen molar-refractivity contribution in [3.63, 3.8) is 0 Å². The van der Waals surface area contributed by atoms with Gasteiger partial charge in [0.2, 0.25) is 41.4 Å². The van der Waals surface area contributed by atoms with Crippen molar-refractivity contribution in [3.8, 4) is 0 Å². The van der Waals surface area contributed by atoms with Crippen LogP contribution >= 0.6 is 0 Å². The molecule has 1 aromatic carbocycles. The van der Waals surface area contributed by atoms with E-state index in [0.717, 1.165) is 12.0 Å². The van der Waals surface area contributed by atoms with Crippen molar-refractivity contribution in [2.75, 3.05) is 19.7 Å². The van der Waals surface area contributed by atoms with E-state index in [1.54, 1.807) is 58.0 Å². The van der Waals surface area contributed by atoms with Crippen LogP contribution in [-0.4, -0.2) is 125 Å². The Balaban J connectivity index is 2.28. The predicted molar refractivity (Wildman–Crippen MR) is 215 cm³/mol. The van der Waals surface area contributed by atoms with Crippen molar-refractivity contribution >= 4 is 53.3 Å². The number of guanidine groups is 1. The number of amides is 7. The molecule has 0 aliphatic carbocycles. The number of carboxylic acid groups (broad SMARTS) is 1. The molecule has 1 aliphatic rings. The Bertz CT molecular complexity index is 1630. The molecule has 2 rings (SSSR count). The highest BCUT2D eigenvalue weighted by Crippen LogP contribution is 2.11. The van der Waals surface area contributed by atoms with Crippen LogP contribution in [0.5, 0.6) is 0 Å². The molecule has 1 saturated heterocycles. The number of carbonyl (C=O) groups excluding carboxylic acids is 7. The highest BCUT2D eigenvalue weighted by atomic mass is 16.4. The molecule has 21 heteroatoms. The Morgan fingerprint density at radius 3 is 1.81 bits per heavy atom. The molecule has 1 fully saturated rings. The van der Waals surface area contributed by atoms with Crippen LogP contribution in [0.1, 0.15) is 71.8 Å². The number of carboxylic acids is 1. The number of carbonyl (C=O) groups is 8. The van der Waals surface area contributed by atoms with Gasteiger partial charge in [0.15, 0.2) is 5.96 Å². The molecule has 1 aliphatic heterocycles. The smallest absolute Gasteiger partial charge is 0.326 e. The summed E-state index contributed by atoms with van der Waals surface area (Å²) < 4.78 is 0. The molecule has 15 N–H and O–H groups in total. The number of nitrogens with two attached hydrogens (primary N) is 3. The minimum atomic E-state index is -1.64. The van der Waals surface area contributed by atoms with Crippen LogP contribution in [0.25, 0.3) is 0 Å². The first-order valence-electron chi connectivity index (χ1n) is 19.6. The number of benzene rings is 1. The summed E-state index contributed by atoms with van der Waals surface area (Å²) in [5, 5.41) is 38.0. The van der Waals surface area contributed by atoms with Crippen LogP contribution in [0.2, 0.25) is 0 Å². The molecule has 7 amide bonds. The zero-order valence-electron chi connectivity index (χ0n) is 34.0. The van der Waals surface area contributed by atoms with E-state index in [0.29, 0.717) is 13.0 Å². The summed E-state index contributed by atoms with van der Waals surface area (Å²) in [4.78, 5) is 108. The standard InChI is InChI=1S/C38H61N11O10/c1-20(2)29(36(57)45-25(14-15-28(39)51)33(54)49-30(21(3)4)37(58)59)48-35(56)27(19-50)47-32(53)24(13-9-17-43-38(40)41)44-34(55)26(18-22-10-6-5-7-11-22)46-31(52)23-12-8-16-42-23/h5-7,10-11,20-21,23-27,29-30,42,50H,8-9,12-19H2,1-4H3,(H2,39,51)(H,44,55)(H,45,57)(H,46,52)(H,47,53)(H,48,56)(H,49,54)(H,58,59)(H4,40,41,43). The first-order chi connectivity index (χ1) is 27.8. The van der Waals surface area contributed by atoms with Crippen LogP contribution in [0.3, 0.4) is 0 Å². The van der Waals surface area contributed by atoms with Gasteiger partial charge in [0.1, 0.15) is 36.3 Å². The van der Waals surface area contributed by atoms with Gasteiger partial charge in [0.05, 0.1) is 12.6 Å². The third-order valence-corrected chi connectivity index (χ3v) is 9.48. The second-order valence-corrected chi connectivity index (χ2v) is 15.0. The number of hydrogen-bond donors (Lipinski definition) is 12. The fourth-order valence-electron chi connectivity index (χ4n) is 6.12. The van der Waals surface area contributed by atoms with Crippen molar-refractivity contribution in [1.82, 2.24) is 37.2 Å². The topological polar surface area (TPSA) is 352 Å². The highest BCUT2D eigenvalue weighted by Gasteiger charge is 2.35. The molecule has 0 radical (unpaired) electrons. The molecule has 0 aromatic heterocycles.